The quantitative estimate of drug-likeness (QED) is 0.153. The van der Waals surface area contributed by atoms with Gasteiger partial charge in [-0.1, -0.05) is 151 Å². The van der Waals surface area contributed by atoms with Gasteiger partial charge in [0.15, 0.2) is 10.8 Å². The summed E-state index contributed by atoms with van der Waals surface area (Å²) >= 11 is 0. The van der Waals surface area contributed by atoms with Crippen LogP contribution in [-0.2, 0) is 37.4 Å². The van der Waals surface area contributed by atoms with E-state index in [4.69, 9.17) is 10.2 Å². The second-order valence-corrected chi connectivity index (χ2v) is 10.3. The van der Waals surface area contributed by atoms with Gasteiger partial charge in [0, 0.05) is 0 Å². The molecule has 0 aromatic heterocycles. The molecule has 4 N–H and O–H groups in total. The van der Waals surface area contributed by atoms with Crippen molar-refractivity contribution in [3.63, 3.8) is 0 Å². The average Bonchev–Trinajstić information content (AvgIpc) is 3.03. The normalized spacial score (nSPS) is 10.4. The number of benzene rings is 3. The van der Waals surface area contributed by atoms with E-state index in [1.165, 1.54) is 37.8 Å². The topological polar surface area (TPSA) is 149 Å². The van der Waals surface area contributed by atoms with Crippen LogP contribution in [0.25, 0.3) is 0 Å². The van der Waals surface area contributed by atoms with E-state index in [0.29, 0.717) is 16.7 Å². The van der Waals surface area contributed by atoms with Crippen LogP contribution < -0.4 is 0 Å². The van der Waals surface area contributed by atoms with Crippen LogP contribution in [0.4, 0.5) is 0 Å². The summed E-state index contributed by atoms with van der Waals surface area (Å²) in [5.74, 6) is -5.29. The molecule has 0 unspecified atom stereocenters. The molecule has 3 rings (SSSR count). The van der Waals surface area contributed by atoms with Gasteiger partial charge >= 0.3 is 23.9 Å². The molecule has 3 aromatic rings. The highest BCUT2D eigenvalue weighted by atomic mass is 16.4. The molecule has 240 valence electrons. The van der Waals surface area contributed by atoms with E-state index >= 15 is 0 Å². The Hall–Kier alpha value is -4.46. The second kappa shape index (κ2) is 21.3. The summed E-state index contributed by atoms with van der Waals surface area (Å²) in [6.07, 6.45) is 5.20. The molecule has 0 atom stereocenters. The summed E-state index contributed by atoms with van der Waals surface area (Å²) in [4.78, 5) is 45.6. The molecular weight excluding hydrogens is 560 g/mol. The van der Waals surface area contributed by atoms with Crippen LogP contribution in [0.2, 0.25) is 0 Å². The maximum absolute atomic E-state index is 11.7. The van der Waals surface area contributed by atoms with E-state index < -0.39 is 34.7 Å². The molecule has 0 saturated heterocycles. The van der Waals surface area contributed by atoms with Crippen molar-refractivity contribution in [1.29, 1.82) is 0 Å². The fraction of sp³-hybridized carbons (Fsp3) is 0.389. The lowest BCUT2D eigenvalue weighted by atomic mass is 9.76. The lowest BCUT2D eigenvalue weighted by Gasteiger charge is -2.25. The smallest absolute Gasteiger partial charge is 0.325 e. The van der Waals surface area contributed by atoms with Crippen LogP contribution in [0.15, 0.2) is 91.0 Å². The van der Waals surface area contributed by atoms with Crippen LogP contribution >= 0.6 is 0 Å². The SMILES string of the molecule is CCC(C(=O)O)(C(=O)O)c1ccccc1.CCCC.CCCC.O=C(O)C(Cc1ccccc1)(Cc1ccccc1)C(=O)O. The summed E-state index contributed by atoms with van der Waals surface area (Å²) in [5, 5.41) is 37.2. The molecule has 8 heteroatoms. The number of rotatable bonds is 12. The third-order valence-corrected chi connectivity index (χ3v) is 7.04. The van der Waals surface area contributed by atoms with Crippen molar-refractivity contribution in [3.05, 3.63) is 108 Å². The largest absolute Gasteiger partial charge is 0.480 e. The zero-order valence-electron chi connectivity index (χ0n) is 26.5. The van der Waals surface area contributed by atoms with Gasteiger partial charge in [-0.05, 0) is 36.0 Å². The van der Waals surface area contributed by atoms with Gasteiger partial charge in [0.05, 0.1) is 0 Å². The van der Waals surface area contributed by atoms with Crippen LogP contribution in [-0.4, -0.2) is 44.3 Å². The molecule has 0 spiro atoms. The fourth-order valence-electron chi connectivity index (χ4n) is 3.91. The molecule has 0 bridgehead atoms. The lowest BCUT2D eigenvalue weighted by Crippen LogP contribution is -2.43. The third kappa shape index (κ3) is 12.0. The Morgan fingerprint density at radius 3 is 1.00 bits per heavy atom. The molecular formula is C36H48O8. The predicted molar refractivity (Wildman–Crippen MR) is 173 cm³/mol. The molecule has 0 heterocycles. The van der Waals surface area contributed by atoms with Gasteiger partial charge in [-0.25, -0.2) is 0 Å². The van der Waals surface area contributed by atoms with Crippen molar-refractivity contribution < 1.29 is 39.6 Å². The Morgan fingerprint density at radius 2 is 0.773 bits per heavy atom. The van der Waals surface area contributed by atoms with E-state index in [9.17, 15) is 29.4 Å². The standard InChI is InChI=1S/C17H16O4.C11H12O4.2C4H10/c18-15(19)17(16(20)21,11-13-7-3-1-4-8-13)12-14-9-5-2-6-10-14;1-2-11(9(12)13,10(14)15)8-6-4-3-5-7-8;2*1-3-4-2/h1-10H,11-12H2,(H,18,19)(H,20,21);3-7H,2H2,1H3,(H,12,13)(H,14,15);2*3-4H2,1-2H3. The van der Waals surface area contributed by atoms with Crippen LogP contribution in [0.5, 0.6) is 0 Å². The first kappa shape index (κ1) is 39.5. The van der Waals surface area contributed by atoms with Gasteiger partial charge in [-0.3, -0.25) is 19.2 Å². The zero-order valence-corrected chi connectivity index (χ0v) is 26.5. The Balaban J connectivity index is 0.000000698. The van der Waals surface area contributed by atoms with E-state index in [2.05, 4.69) is 27.7 Å². The van der Waals surface area contributed by atoms with Crippen molar-refractivity contribution in [2.24, 2.45) is 5.41 Å². The van der Waals surface area contributed by atoms with Crippen molar-refractivity contribution >= 4 is 23.9 Å². The van der Waals surface area contributed by atoms with Crippen molar-refractivity contribution in [2.75, 3.05) is 0 Å². The Morgan fingerprint density at radius 1 is 0.477 bits per heavy atom. The fourth-order valence-corrected chi connectivity index (χ4v) is 3.91. The van der Waals surface area contributed by atoms with E-state index in [0.717, 1.165) is 0 Å². The number of hydrogen-bond donors (Lipinski definition) is 4. The van der Waals surface area contributed by atoms with Crippen molar-refractivity contribution in [3.8, 4) is 0 Å². The highest BCUT2D eigenvalue weighted by molar-refractivity contribution is 6.04. The number of carboxylic acids is 4. The van der Waals surface area contributed by atoms with E-state index in [1.807, 2.05) is 12.1 Å². The average molecular weight is 609 g/mol. The molecule has 3 aromatic carbocycles. The summed E-state index contributed by atoms with van der Waals surface area (Å²) in [6, 6.07) is 25.7. The van der Waals surface area contributed by atoms with Crippen molar-refractivity contribution in [2.45, 2.75) is 85.0 Å². The van der Waals surface area contributed by atoms with Crippen molar-refractivity contribution in [1.82, 2.24) is 0 Å². The summed E-state index contributed by atoms with van der Waals surface area (Å²) in [7, 11) is 0. The Bertz CT molecular complexity index is 1160. The van der Waals surface area contributed by atoms with Gasteiger partial charge in [0.25, 0.3) is 0 Å². The highest BCUT2D eigenvalue weighted by Gasteiger charge is 2.47. The van der Waals surface area contributed by atoms with Gasteiger partial charge in [-0.15, -0.1) is 0 Å². The van der Waals surface area contributed by atoms with E-state index in [1.54, 1.807) is 73.7 Å². The molecule has 0 aliphatic carbocycles. The van der Waals surface area contributed by atoms with E-state index in [-0.39, 0.29) is 19.3 Å². The Kier molecular flexibility index (Phi) is 19.1. The molecule has 0 aliphatic heterocycles. The maximum Gasteiger partial charge on any atom is 0.325 e. The number of unbranched alkanes of at least 4 members (excludes halogenated alkanes) is 2. The van der Waals surface area contributed by atoms with Crippen LogP contribution in [0, 0.1) is 5.41 Å². The molecule has 0 radical (unpaired) electrons. The molecule has 0 fully saturated rings. The first-order valence-electron chi connectivity index (χ1n) is 15.0. The molecule has 0 amide bonds. The molecule has 8 nitrogen and oxygen atoms in total. The number of aliphatic carboxylic acids is 4. The summed E-state index contributed by atoms with van der Waals surface area (Å²) in [6.45, 7) is 10.3. The lowest BCUT2D eigenvalue weighted by molar-refractivity contribution is -0.165. The molecule has 44 heavy (non-hydrogen) atoms. The zero-order chi connectivity index (χ0) is 33.6. The second-order valence-electron chi connectivity index (χ2n) is 10.3. The summed E-state index contributed by atoms with van der Waals surface area (Å²) < 4.78 is 0. The minimum atomic E-state index is -1.86. The molecule has 0 saturated carbocycles. The number of carboxylic acid groups (broad SMARTS) is 4. The van der Waals surface area contributed by atoms with Crippen LogP contribution in [0.1, 0.15) is 83.4 Å². The first-order chi connectivity index (χ1) is 20.9. The highest BCUT2D eigenvalue weighted by Crippen LogP contribution is 2.30. The summed E-state index contributed by atoms with van der Waals surface area (Å²) in [5.41, 5.74) is -2.01. The Labute approximate surface area is 261 Å². The monoisotopic (exact) mass is 608 g/mol. The van der Waals surface area contributed by atoms with Gasteiger partial charge in [0.1, 0.15) is 0 Å². The minimum absolute atomic E-state index is 0.0156. The first-order valence-corrected chi connectivity index (χ1v) is 15.0. The number of carbonyl (C=O) groups is 4. The third-order valence-electron chi connectivity index (χ3n) is 7.04. The van der Waals surface area contributed by atoms with Gasteiger partial charge in [0.2, 0.25) is 0 Å². The molecule has 0 aliphatic rings. The predicted octanol–water partition coefficient (Wildman–Crippen LogP) is 7.74. The van der Waals surface area contributed by atoms with Gasteiger partial charge < -0.3 is 20.4 Å². The minimum Gasteiger partial charge on any atom is -0.480 e. The maximum atomic E-state index is 11.7. The van der Waals surface area contributed by atoms with Crippen LogP contribution in [0.3, 0.4) is 0 Å². The number of hydrogen-bond acceptors (Lipinski definition) is 4. The van der Waals surface area contributed by atoms with Gasteiger partial charge in [-0.2, -0.15) is 0 Å².